The van der Waals surface area contributed by atoms with Gasteiger partial charge in [0, 0.05) is 16.9 Å². The number of nitrogens with two attached hydrogens (primary N) is 1. The fourth-order valence-corrected chi connectivity index (χ4v) is 2.95. The van der Waals surface area contributed by atoms with E-state index in [9.17, 15) is 0 Å². The zero-order valence-electron chi connectivity index (χ0n) is 9.80. The third-order valence-electron chi connectivity index (χ3n) is 3.01. The number of rotatable bonds is 2. The first kappa shape index (κ1) is 11.7. The molecule has 0 aliphatic carbocycles. The molecule has 92 valence electrons. The van der Waals surface area contributed by atoms with Crippen LogP contribution in [0, 0.1) is 0 Å². The van der Waals surface area contributed by atoms with Gasteiger partial charge in [0.25, 0.3) is 0 Å². The summed E-state index contributed by atoms with van der Waals surface area (Å²) in [5, 5.41) is 2.71. The standard InChI is InChI=1S/C13H12ClN3S/c1-17-10-5-4-8(14)7-9(10)16-13(17)12(15)11-3-2-6-18-11/h2-7,12H,15H2,1H3. The van der Waals surface area contributed by atoms with Gasteiger partial charge in [-0.2, -0.15) is 0 Å². The maximum Gasteiger partial charge on any atom is 0.132 e. The van der Waals surface area contributed by atoms with Crippen molar-refractivity contribution in [1.82, 2.24) is 9.55 Å². The number of benzene rings is 1. The summed E-state index contributed by atoms with van der Waals surface area (Å²) >= 11 is 7.62. The van der Waals surface area contributed by atoms with Crippen LogP contribution in [0.5, 0.6) is 0 Å². The summed E-state index contributed by atoms with van der Waals surface area (Å²) in [5.41, 5.74) is 8.18. The Kier molecular flexibility index (Phi) is 2.86. The fraction of sp³-hybridized carbons (Fsp3) is 0.154. The van der Waals surface area contributed by atoms with Crippen LogP contribution in [-0.4, -0.2) is 9.55 Å². The van der Waals surface area contributed by atoms with Crippen molar-refractivity contribution in [2.45, 2.75) is 6.04 Å². The van der Waals surface area contributed by atoms with Crippen LogP contribution in [0.25, 0.3) is 11.0 Å². The molecule has 2 N–H and O–H groups in total. The highest BCUT2D eigenvalue weighted by atomic mass is 35.5. The Labute approximate surface area is 114 Å². The first-order valence-electron chi connectivity index (χ1n) is 5.57. The third kappa shape index (κ3) is 1.82. The lowest BCUT2D eigenvalue weighted by molar-refractivity contribution is 0.738. The van der Waals surface area contributed by atoms with E-state index in [0.29, 0.717) is 5.02 Å². The van der Waals surface area contributed by atoms with E-state index in [0.717, 1.165) is 21.7 Å². The molecule has 0 saturated carbocycles. The average molecular weight is 278 g/mol. The second-order valence-corrected chi connectivity index (χ2v) is 5.57. The van der Waals surface area contributed by atoms with Crippen molar-refractivity contribution in [3.8, 4) is 0 Å². The minimum Gasteiger partial charge on any atom is -0.329 e. The second kappa shape index (κ2) is 4.39. The number of aromatic nitrogens is 2. The van der Waals surface area contributed by atoms with E-state index in [1.165, 1.54) is 0 Å². The van der Waals surface area contributed by atoms with E-state index < -0.39 is 0 Å². The number of hydrogen-bond donors (Lipinski definition) is 1. The van der Waals surface area contributed by atoms with Crippen LogP contribution < -0.4 is 5.73 Å². The molecule has 0 fully saturated rings. The van der Waals surface area contributed by atoms with Crippen LogP contribution in [-0.2, 0) is 7.05 Å². The van der Waals surface area contributed by atoms with Crippen LogP contribution in [0.4, 0.5) is 0 Å². The summed E-state index contributed by atoms with van der Waals surface area (Å²) in [6.07, 6.45) is 0. The van der Waals surface area contributed by atoms with Gasteiger partial charge < -0.3 is 10.3 Å². The number of thiophene rings is 1. The summed E-state index contributed by atoms with van der Waals surface area (Å²) in [6, 6.07) is 9.53. The molecule has 3 nitrogen and oxygen atoms in total. The van der Waals surface area contributed by atoms with Crippen molar-refractivity contribution >= 4 is 34.0 Å². The zero-order chi connectivity index (χ0) is 12.7. The normalized spacial score (nSPS) is 13.1. The molecule has 1 unspecified atom stereocenters. The van der Waals surface area contributed by atoms with Gasteiger partial charge in [-0.3, -0.25) is 0 Å². The van der Waals surface area contributed by atoms with Gasteiger partial charge in [-0.05, 0) is 29.6 Å². The Bertz CT molecular complexity index is 688. The van der Waals surface area contributed by atoms with Crippen molar-refractivity contribution in [1.29, 1.82) is 0 Å². The minimum atomic E-state index is -0.193. The zero-order valence-corrected chi connectivity index (χ0v) is 11.4. The summed E-state index contributed by atoms with van der Waals surface area (Å²) in [5.74, 6) is 0.856. The molecule has 18 heavy (non-hydrogen) atoms. The SMILES string of the molecule is Cn1c(C(N)c2cccs2)nc2cc(Cl)ccc21. The van der Waals surface area contributed by atoms with E-state index >= 15 is 0 Å². The van der Waals surface area contributed by atoms with E-state index in [2.05, 4.69) is 4.98 Å². The molecule has 1 aromatic carbocycles. The maximum absolute atomic E-state index is 6.26. The first-order valence-corrected chi connectivity index (χ1v) is 6.83. The van der Waals surface area contributed by atoms with Gasteiger partial charge in [0.2, 0.25) is 0 Å². The Morgan fingerprint density at radius 3 is 2.94 bits per heavy atom. The van der Waals surface area contributed by atoms with E-state index in [-0.39, 0.29) is 6.04 Å². The highest BCUT2D eigenvalue weighted by Crippen LogP contribution is 2.27. The predicted octanol–water partition coefficient (Wildman–Crippen LogP) is 3.34. The smallest absolute Gasteiger partial charge is 0.132 e. The molecule has 0 radical (unpaired) electrons. The van der Waals surface area contributed by atoms with Crippen LogP contribution >= 0.6 is 22.9 Å². The molecular weight excluding hydrogens is 266 g/mol. The van der Waals surface area contributed by atoms with E-state index in [4.69, 9.17) is 17.3 Å². The van der Waals surface area contributed by atoms with Gasteiger partial charge in [-0.25, -0.2) is 4.98 Å². The predicted molar refractivity (Wildman–Crippen MR) is 76.1 cm³/mol. The number of halogens is 1. The van der Waals surface area contributed by atoms with Gasteiger partial charge >= 0.3 is 0 Å². The summed E-state index contributed by atoms with van der Waals surface area (Å²) in [4.78, 5) is 5.70. The molecule has 2 heterocycles. The molecule has 5 heteroatoms. The van der Waals surface area contributed by atoms with Gasteiger partial charge in [-0.15, -0.1) is 11.3 Å². The second-order valence-electron chi connectivity index (χ2n) is 4.16. The number of nitrogens with zero attached hydrogens (tertiary/aromatic N) is 2. The number of aryl methyl sites for hydroxylation is 1. The molecule has 3 rings (SSSR count). The lowest BCUT2D eigenvalue weighted by Crippen LogP contribution is -2.15. The van der Waals surface area contributed by atoms with Crippen molar-refractivity contribution in [2.75, 3.05) is 0 Å². The van der Waals surface area contributed by atoms with Crippen molar-refractivity contribution < 1.29 is 0 Å². The van der Waals surface area contributed by atoms with Gasteiger partial charge in [-0.1, -0.05) is 17.7 Å². The molecule has 3 aromatic rings. The Balaban J connectivity index is 2.15. The van der Waals surface area contributed by atoms with E-state index in [1.54, 1.807) is 11.3 Å². The lowest BCUT2D eigenvalue weighted by Gasteiger charge is -2.09. The Morgan fingerprint density at radius 2 is 2.22 bits per heavy atom. The van der Waals surface area contributed by atoms with Crippen molar-refractivity contribution in [3.63, 3.8) is 0 Å². The molecule has 0 amide bonds. The molecular formula is C13H12ClN3S. The Morgan fingerprint density at radius 1 is 1.39 bits per heavy atom. The Hall–Kier alpha value is -1.36. The quantitative estimate of drug-likeness (QED) is 0.781. The topological polar surface area (TPSA) is 43.8 Å². The first-order chi connectivity index (χ1) is 8.66. The maximum atomic E-state index is 6.26. The number of hydrogen-bond acceptors (Lipinski definition) is 3. The van der Waals surface area contributed by atoms with Crippen LogP contribution in [0.15, 0.2) is 35.7 Å². The average Bonchev–Trinajstić information content (AvgIpc) is 2.97. The van der Waals surface area contributed by atoms with Crippen LogP contribution in [0.1, 0.15) is 16.7 Å². The lowest BCUT2D eigenvalue weighted by atomic mass is 10.2. The highest BCUT2D eigenvalue weighted by Gasteiger charge is 2.17. The summed E-state index contributed by atoms with van der Waals surface area (Å²) < 4.78 is 2.02. The van der Waals surface area contributed by atoms with Crippen molar-refractivity contribution in [2.24, 2.45) is 12.8 Å². The molecule has 0 aliphatic heterocycles. The molecule has 0 saturated heterocycles. The number of fused-ring (bicyclic) bond motifs is 1. The van der Waals surface area contributed by atoms with Crippen molar-refractivity contribution in [3.05, 3.63) is 51.4 Å². The highest BCUT2D eigenvalue weighted by molar-refractivity contribution is 7.10. The van der Waals surface area contributed by atoms with E-state index in [1.807, 2.05) is 47.3 Å². The molecule has 0 bridgehead atoms. The molecule has 1 atom stereocenters. The molecule has 0 spiro atoms. The van der Waals surface area contributed by atoms with Gasteiger partial charge in [0.05, 0.1) is 17.1 Å². The molecule has 2 aromatic heterocycles. The van der Waals surface area contributed by atoms with Crippen LogP contribution in [0.2, 0.25) is 5.02 Å². The van der Waals surface area contributed by atoms with Gasteiger partial charge in [0.1, 0.15) is 5.82 Å². The monoisotopic (exact) mass is 277 g/mol. The third-order valence-corrected chi connectivity index (χ3v) is 4.20. The van der Waals surface area contributed by atoms with Gasteiger partial charge in [0.15, 0.2) is 0 Å². The summed E-state index contributed by atoms with van der Waals surface area (Å²) in [7, 11) is 1.98. The summed E-state index contributed by atoms with van der Waals surface area (Å²) in [6.45, 7) is 0. The molecule has 0 aliphatic rings. The van der Waals surface area contributed by atoms with Crippen LogP contribution in [0.3, 0.4) is 0 Å². The number of imidazole rings is 1. The largest absolute Gasteiger partial charge is 0.329 e. The minimum absolute atomic E-state index is 0.193. The fourth-order valence-electron chi connectivity index (χ4n) is 2.07.